The van der Waals surface area contributed by atoms with Gasteiger partial charge in [-0.25, -0.2) is 9.37 Å². The lowest BCUT2D eigenvalue weighted by atomic mass is 10.2. The van der Waals surface area contributed by atoms with Crippen LogP contribution in [0, 0.1) is 5.82 Å². The van der Waals surface area contributed by atoms with Crippen LogP contribution in [0.15, 0.2) is 30.3 Å². The van der Waals surface area contributed by atoms with Crippen molar-refractivity contribution in [3.05, 3.63) is 41.8 Å². The van der Waals surface area contributed by atoms with Crippen molar-refractivity contribution in [2.75, 3.05) is 10.6 Å². The summed E-state index contributed by atoms with van der Waals surface area (Å²) in [5.41, 5.74) is -0.586. The van der Waals surface area contributed by atoms with Crippen LogP contribution >= 0.6 is 0 Å². The molecule has 0 aliphatic heterocycles. The van der Waals surface area contributed by atoms with Crippen LogP contribution in [0.2, 0.25) is 0 Å². The van der Waals surface area contributed by atoms with E-state index in [1.54, 1.807) is 0 Å². The lowest BCUT2D eigenvalue weighted by Crippen LogP contribution is -2.19. The van der Waals surface area contributed by atoms with Crippen molar-refractivity contribution in [1.29, 1.82) is 0 Å². The van der Waals surface area contributed by atoms with E-state index in [1.165, 1.54) is 24.3 Å². The van der Waals surface area contributed by atoms with Gasteiger partial charge in [-0.05, 0) is 37.1 Å². The maximum absolute atomic E-state index is 13.1. The highest BCUT2D eigenvalue weighted by molar-refractivity contribution is 5.57. The van der Waals surface area contributed by atoms with Crippen molar-refractivity contribution in [1.82, 2.24) is 9.97 Å². The van der Waals surface area contributed by atoms with E-state index < -0.39 is 17.7 Å². The minimum atomic E-state index is -4.58. The molecule has 4 nitrogen and oxygen atoms in total. The molecular weight excluding hydrogens is 324 g/mol. The molecule has 1 aromatic heterocycles. The van der Waals surface area contributed by atoms with Gasteiger partial charge in [0.25, 0.3) is 0 Å². The van der Waals surface area contributed by atoms with Crippen LogP contribution in [0.5, 0.6) is 0 Å². The van der Waals surface area contributed by atoms with E-state index in [1.807, 2.05) is 0 Å². The molecule has 2 N–H and O–H groups in total. The summed E-state index contributed by atoms with van der Waals surface area (Å²) in [7, 11) is 0. The van der Waals surface area contributed by atoms with Gasteiger partial charge in [0.2, 0.25) is 5.95 Å². The average Bonchev–Trinajstić information content (AvgIpc) is 3.01. The highest BCUT2D eigenvalue weighted by Gasteiger charge is 2.34. The number of rotatable bonds is 4. The number of alkyl halides is 3. The minimum absolute atomic E-state index is 0.00410. The zero-order valence-electron chi connectivity index (χ0n) is 12.7. The third-order valence-electron chi connectivity index (χ3n) is 3.82. The summed E-state index contributed by atoms with van der Waals surface area (Å²) >= 11 is 0. The second kappa shape index (κ2) is 6.62. The fourth-order valence-electron chi connectivity index (χ4n) is 2.65. The summed E-state index contributed by atoms with van der Waals surface area (Å²) in [6.07, 6.45) is -0.719. The van der Waals surface area contributed by atoms with Crippen LogP contribution in [0.25, 0.3) is 0 Å². The first-order chi connectivity index (χ1) is 11.4. The SMILES string of the molecule is Fc1ccc(Nc2cc(C(F)(F)F)nc(NC3CCCC3)n2)cc1. The predicted octanol–water partition coefficient (Wildman–Crippen LogP) is 4.73. The zero-order valence-corrected chi connectivity index (χ0v) is 12.7. The number of halogens is 4. The third-order valence-corrected chi connectivity index (χ3v) is 3.82. The number of hydrogen-bond acceptors (Lipinski definition) is 4. The minimum Gasteiger partial charge on any atom is -0.351 e. The fourth-order valence-corrected chi connectivity index (χ4v) is 2.65. The summed E-state index contributed by atoms with van der Waals surface area (Å²) in [4.78, 5) is 7.68. The van der Waals surface area contributed by atoms with Crippen molar-refractivity contribution >= 4 is 17.5 Å². The van der Waals surface area contributed by atoms with Crippen LogP contribution in [0.1, 0.15) is 31.4 Å². The second-order valence-corrected chi connectivity index (χ2v) is 5.72. The quantitative estimate of drug-likeness (QED) is 0.790. The van der Waals surface area contributed by atoms with Gasteiger partial charge in [0, 0.05) is 17.8 Å². The molecular formula is C16H16F4N4. The van der Waals surface area contributed by atoms with Gasteiger partial charge in [-0.1, -0.05) is 12.8 Å². The number of nitrogens with one attached hydrogen (secondary N) is 2. The molecule has 0 radical (unpaired) electrons. The second-order valence-electron chi connectivity index (χ2n) is 5.72. The van der Waals surface area contributed by atoms with Crippen LogP contribution in [-0.2, 0) is 6.18 Å². The number of aromatic nitrogens is 2. The molecule has 0 atom stereocenters. The highest BCUT2D eigenvalue weighted by Crippen LogP contribution is 2.31. The highest BCUT2D eigenvalue weighted by atomic mass is 19.4. The lowest BCUT2D eigenvalue weighted by molar-refractivity contribution is -0.141. The van der Waals surface area contributed by atoms with Crippen molar-refractivity contribution in [3.63, 3.8) is 0 Å². The molecule has 2 aromatic rings. The first-order valence-electron chi connectivity index (χ1n) is 7.65. The topological polar surface area (TPSA) is 49.8 Å². The summed E-state index contributed by atoms with van der Waals surface area (Å²) in [6, 6.07) is 6.21. The third kappa shape index (κ3) is 4.12. The normalized spacial score (nSPS) is 15.5. The maximum Gasteiger partial charge on any atom is 0.433 e. The van der Waals surface area contributed by atoms with Crippen LogP contribution < -0.4 is 10.6 Å². The Morgan fingerprint density at radius 2 is 1.67 bits per heavy atom. The van der Waals surface area contributed by atoms with Crippen molar-refractivity contribution in [2.45, 2.75) is 37.9 Å². The summed E-state index contributed by atoms with van der Waals surface area (Å²) < 4.78 is 52.1. The molecule has 1 fully saturated rings. The average molecular weight is 340 g/mol. The van der Waals surface area contributed by atoms with E-state index in [0.29, 0.717) is 5.69 Å². The van der Waals surface area contributed by atoms with Gasteiger partial charge in [-0.2, -0.15) is 18.2 Å². The molecule has 0 spiro atoms. The zero-order chi connectivity index (χ0) is 17.2. The van der Waals surface area contributed by atoms with Gasteiger partial charge < -0.3 is 10.6 Å². The smallest absolute Gasteiger partial charge is 0.351 e. The lowest BCUT2D eigenvalue weighted by Gasteiger charge is -2.15. The summed E-state index contributed by atoms with van der Waals surface area (Å²) in [5.74, 6) is -0.478. The fraction of sp³-hybridized carbons (Fsp3) is 0.375. The predicted molar refractivity (Wildman–Crippen MR) is 82.6 cm³/mol. The maximum atomic E-state index is 13.1. The Morgan fingerprint density at radius 3 is 2.29 bits per heavy atom. The van der Waals surface area contributed by atoms with Gasteiger partial charge >= 0.3 is 6.18 Å². The number of nitrogens with zero attached hydrogens (tertiary/aromatic N) is 2. The van der Waals surface area contributed by atoms with E-state index in [4.69, 9.17) is 0 Å². The molecule has 128 valence electrons. The molecule has 8 heteroatoms. The molecule has 0 saturated heterocycles. The molecule has 3 rings (SSSR count). The van der Waals surface area contributed by atoms with E-state index in [2.05, 4.69) is 20.6 Å². The number of anilines is 3. The summed E-state index contributed by atoms with van der Waals surface area (Å²) in [6.45, 7) is 0. The van der Waals surface area contributed by atoms with Gasteiger partial charge in [0.1, 0.15) is 11.6 Å². The Balaban J connectivity index is 1.87. The number of hydrogen-bond donors (Lipinski definition) is 2. The summed E-state index contributed by atoms with van der Waals surface area (Å²) in [5, 5.41) is 5.72. The van der Waals surface area contributed by atoms with E-state index in [0.717, 1.165) is 31.7 Å². The molecule has 1 aliphatic rings. The molecule has 0 bridgehead atoms. The largest absolute Gasteiger partial charge is 0.433 e. The first-order valence-corrected chi connectivity index (χ1v) is 7.65. The van der Waals surface area contributed by atoms with E-state index in [9.17, 15) is 17.6 Å². The molecule has 0 unspecified atom stereocenters. The monoisotopic (exact) mass is 340 g/mol. The molecule has 1 heterocycles. The van der Waals surface area contributed by atoms with Crippen molar-refractivity contribution in [2.24, 2.45) is 0 Å². The van der Waals surface area contributed by atoms with Crippen LogP contribution in [0.3, 0.4) is 0 Å². The van der Waals surface area contributed by atoms with Crippen LogP contribution in [0.4, 0.5) is 35.0 Å². The van der Waals surface area contributed by atoms with E-state index >= 15 is 0 Å². The molecule has 1 aliphatic carbocycles. The standard InChI is InChI=1S/C16H16F4N4/c17-10-5-7-12(8-6-10)21-14-9-13(16(18,19)20)23-15(24-14)22-11-3-1-2-4-11/h5-9,11H,1-4H2,(H2,21,22,23,24). The Labute approximate surface area is 136 Å². The van der Waals surface area contributed by atoms with Gasteiger partial charge in [-0.3, -0.25) is 0 Å². The molecule has 1 saturated carbocycles. The van der Waals surface area contributed by atoms with Crippen molar-refractivity contribution in [3.8, 4) is 0 Å². The van der Waals surface area contributed by atoms with Gasteiger partial charge in [0.05, 0.1) is 0 Å². The Hall–Kier alpha value is -2.38. The van der Waals surface area contributed by atoms with Gasteiger partial charge in [-0.15, -0.1) is 0 Å². The van der Waals surface area contributed by atoms with E-state index in [-0.39, 0.29) is 17.8 Å². The Kier molecular flexibility index (Phi) is 4.55. The Bertz CT molecular complexity index is 694. The molecule has 0 amide bonds. The number of benzene rings is 1. The van der Waals surface area contributed by atoms with Crippen molar-refractivity contribution < 1.29 is 17.6 Å². The Morgan fingerprint density at radius 1 is 1.00 bits per heavy atom. The van der Waals surface area contributed by atoms with Gasteiger partial charge in [0.15, 0.2) is 5.69 Å². The molecule has 24 heavy (non-hydrogen) atoms. The first kappa shape index (κ1) is 16.5. The molecule has 1 aromatic carbocycles. The van der Waals surface area contributed by atoms with Crippen LogP contribution in [-0.4, -0.2) is 16.0 Å².